The molecule has 3 aromatic carbocycles. The van der Waals surface area contributed by atoms with Crippen LogP contribution in [0.5, 0.6) is 0 Å². The number of carbonyl (C=O) groups is 1. The lowest BCUT2D eigenvalue weighted by Crippen LogP contribution is -2.23. The van der Waals surface area contributed by atoms with Crippen molar-refractivity contribution in [1.29, 1.82) is 0 Å². The number of halogens is 1. The largest absolute Gasteiger partial charge is 0.324 e. The molecule has 0 spiro atoms. The number of rotatable bonds is 6. The van der Waals surface area contributed by atoms with Crippen molar-refractivity contribution in [2.75, 3.05) is 11.1 Å². The Bertz CT molecular complexity index is 1500. The Hall–Kier alpha value is -3.69. The lowest BCUT2D eigenvalue weighted by Gasteiger charge is -2.14. The van der Waals surface area contributed by atoms with E-state index in [1.165, 1.54) is 22.8 Å². The van der Waals surface area contributed by atoms with Crippen LogP contribution in [0.15, 0.2) is 70.6 Å². The zero-order chi connectivity index (χ0) is 24.4. The molecule has 4 rings (SSSR count). The fraction of sp³-hybridized carbons (Fsp3) is 0.125. The summed E-state index contributed by atoms with van der Waals surface area (Å²) in [6.07, 6.45) is 0. The standard InChI is InChI=1S/C24H19ClN4O4S/c1-14-7-8-16(11-15(14)2)28-23(31)18-5-3-4-6-20(18)27-24(28)34-13-22(30)26-21-10-9-17(29(32)33)12-19(21)25/h3-12H,13H2,1-2H3,(H,26,30). The zero-order valence-corrected chi connectivity index (χ0v) is 19.8. The van der Waals surface area contributed by atoms with Gasteiger partial charge in [0.15, 0.2) is 5.16 Å². The van der Waals surface area contributed by atoms with E-state index in [0.29, 0.717) is 21.7 Å². The van der Waals surface area contributed by atoms with E-state index in [0.717, 1.165) is 22.9 Å². The fourth-order valence-corrected chi connectivity index (χ4v) is 4.37. The van der Waals surface area contributed by atoms with Gasteiger partial charge in [-0.2, -0.15) is 0 Å². The lowest BCUT2D eigenvalue weighted by molar-refractivity contribution is -0.384. The maximum Gasteiger partial charge on any atom is 0.271 e. The number of nitro groups is 1. The number of amides is 1. The third kappa shape index (κ3) is 4.80. The molecule has 0 aliphatic heterocycles. The molecule has 1 amide bonds. The number of aryl methyl sites for hydroxylation is 2. The minimum Gasteiger partial charge on any atom is -0.324 e. The van der Waals surface area contributed by atoms with Crippen LogP contribution in [0, 0.1) is 24.0 Å². The van der Waals surface area contributed by atoms with Crippen molar-refractivity contribution in [3.63, 3.8) is 0 Å². The molecule has 0 atom stereocenters. The van der Waals surface area contributed by atoms with Crippen LogP contribution in [-0.2, 0) is 4.79 Å². The minimum absolute atomic E-state index is 0.0526. The Balaban J connectivity index is 1.65. The van der Waals surface area contributed by atoms with Crippen LogP contribution in [0.1, 0.15) is 11.1 Å². The van der Waals surface area contributed by atoms with E-state index in [2.05, 4.69) is 10.3 Å². The molecule has 1 aromatic heterocycles. The van der Waals surface area contributed by atoms with Crippen molar-refractivity contribution < 1.29 is 9.72 Å². The van der Waals surface area contributed by atoms with E-state index in [-0.39, 0.29) is 27.7 Å². The summed E-state index contributed by atoms with van der Waals surface area (Å²) >= 11 is 7.18. The van der Waals surface area contributed by atoms with Gasteiger partial charge in [-0.1, -0.05) is 41.6 Å². The van der Waals surface area contributed by atoms with Crippen LogP contribution in [0.2, 0.25) is 5.02 Å². The van der Waals surface area contributed by atoms with Gasteiger partial charge in [-0.05, 0) is 55.3 Å². The lowest BCUT2D eigenvalue weighted by atomic mass is 10.1. The van der Waals surface area contributed by atoms with Crippen LogP contribution in [0.4, 0.5) is 11.4 Å². The molecule has 0 bridgehead atoms. The van der Waals surface area contributed by atoms with Crippen molar-refractivity contribution in [1.82, 2.24) is 9.55 Å². The van der Waals surface area contributed by atoms with Crippen molar-refractivity contribution >= 4 is 51.5 Å². The van der Waals surface area contributed by atoms with Crippen LogP contribution in [-0.4, -0.2) is 26.1 Å². The highest BCUT2D eigenvalue weighted by molar-refractivity contribution is 7.99. The van der Waals surface area contributed by atoms with E-state index in [4.69, 9.17) is 11.6 Å². The molecule has 1 N–H and O–H groups in total. The molecular formula is C24H19ClN4O4S. The van der Waals surface area contributed by atoms with Gasteiger partial charge >= 0.3 is 0 Å². The number of non-ortho nitro benzene ring substituents is 1. The van der Waals surface area contributed by atoms with Gasteiger partial charge in [0, 0.05) is 12.1 Å². The monoisotopic (exact) mass is 494 g/mol. The number of hydrogen-bond acceptors (Lipinski definition) is 6. The first-order valence-electron chi connectivity index (χ1n) is 10.2. The summed E-state index contributed by atoms with van der Waals surface area (Å²) in [4.78, 5) is 40.9. The topological polar surface area (TPSA) is 107 Å². The van der Waals surface area contributed by atoms with E-state index < -0.39 is 10.8 Å². The van der Waals surface area contributed by atoms with Crippen LogP contribution >= 0.6 is 23.4 Å². The Kier molecular flexibility index (Phi) is 6.67. The van der Waals surface area contributed by atoms with Gasteiger partial charge in [-0.3, -0.25) is 24.3 Å². The second-order valence-electron chi connectivity index (χ2n) is 7.58. The molecule has 10 heteroatoms. The smallest absolute Gasteiger partial charge is 0.271 e. The molecule has 0 unspecified atom stereocenters. The third-order valence-electron chi connectivity index (χ3n) is 5.26. The Labute approximate surface area is 203 Å². The molecule has 1 heterocycles. The number of nitrogens with one attached hydrogen (secondary N) is 1. The highest BCUT2D eigenvalue weighted by Crippen LogP contribution is 2.27. The maximum atomic E-state index is 13.3. The normalized spacial score (nSPS) is 10.9. The van der Waals surface area contributed by atoms with Crippen LogP contribution < -0.4 is 10.9 Å². The van der Waals surface area contributed by atoms with Gasteiger partial charge in [0.05, 0.1) is 38.0 Å². The number of anilines is 1. The molecule has 172 valence electrons. The number of aromatic nitrogens is 2. The maximum absolute atomic E-state index is 13.3. The van der Waals surface area contributed by atoms with Gasteiger partial charge in [-0.15, -0.1) is 0 Å². The van der Waals surface area contributed by atoms with E-state index >= 15 is 0 Å². The number of hydrogen-bond donors (Lipinski definition) is 1. The summed E-state index contributed by atoms with van der Waals surface area (Å²) in [5.41, 5.74) is 3.18. The number of benzene rings is 3. The predicted octanol–water partition coefficient (Wildman–Crippen LogP) is 5.29. The average molecular weight is 495 g/mol. The molecule has 0 aliphatic rings. The number of fused-ring (bicyclic) bond motifs is 1. The van der Waals surface area contributed by atoms with Gasteiger partial charge in [0.2, 0.25) is 5.91 Å². The SMILES string of the molecule is Cc1ccc(-n2c(SCC(=O)Nc3ccc([N+](=O)[O-])cc3Cl)nc3ccccc3c2=O)cc1C. The average Bonchev–Trinajstić information content (AvgIpc) is 2.81. The summed E-state index contributed by atoms with van der Waals surface area (Å²) in [7, 11) is 0. The molecule has 0 aliphatic carbocycles. The van der Waals surface area contributed by atoms with Gasteiger partial charge < -0.3 is 5.32 Å². The number of nitrogens with zero attached hydrogens (tertiary/aromatic N) is 3. The Morgan fingerprint density at radius 2 is 1.88 bits per heavy atom. The third-order valence-corrected chi connectivity index (χ3v) is 6.51. The van der Waals surface area contributed by atoms with Gasteiger partial charge in [0.1, 0.15) is 0 Å². The molecular weight excluding hydrogens is 476 g/mol. The molecule has 0 saturated carbocycles. The molecule has 4 aromatic rings. The molecule has 0 radical (unpaired) electrons. The first-order valence-corrected chi connectivity index (χ1v) is 11.6. The fourth-order valence-electron chi connectivity index (χ4n) is 3.34. The quantitative estimate of drug-likeness (QED) is 0.169. The summed E-state index contributed by atoms with van der Waals surface area (Å²) in [6, 6.07) is 16.6. The number of thioether (sulfide) groups is 1. The Morgan fingerprint density at radius 3 is 2.59 bits per heavy atom. The van der Waals surface area contributed by atoms with E-state index in [1.807, 2.05) is 32.0 Å². The second-order valence-corrected chi connectivity index (χ2v) is 8.93. The summed E-state index contributed by atoms with van der Waals surface area (Å²) in [5.74, 6) is -0.446. The molecule has 0 saturated heterocycles. The molecule has 0 fully saturated rings. The highest BCUT2D eigenvalue weighted by Gasteiger charge is 2.16. The molecule has 8 nitrogen and oxygen atoms in total. The Morgan fingerprint density at radius 1 is 1.12 bits per heavy atom. The highest BCUT2D eigenvalue weighted by atomic mass is 35.5. The first kappa shape index (κ1) is 23.5. The van der Waals surface area contributed by atoms with Crippen LogP contribution in [0.3, 0.4) is 0 Å². The van der Waals surface area contributed by atoms with Crippen molar-refractivity contribution in [3.8, 4) is 5.69 Å². The predicted molar refractivity (Wildman–Crippen MR) is 134 cm³/mol. The minimum atomic E-state index is -0.565. The van der Waals surface area contributed by atoms with Crippen molar-refractivity contribution in [2.24, 2.45) is 0 Å². The van der Waals surface area contributed by atoms with E-state index in [9.17, 15) is 19.7 Å². The van der Waals surface area contributed by atoms with Crippen molar-refractivity contribution in [2.45, 2.75) is 19.0 Å². The summed E-state index contributed by atoms with van der Waals surface area (Å²) < 4.78 is 1.51. The second kappa shape index (κ2) is 9.66. The van der Waals surface area contributed by atoms with Gasteiger partial charge in [0.25, 0.3) is 11.2 Å². The summed E-state index contributed by atoms with van der Waals surface area (Å²) in [5, 5.41) is 14.4. The number of carbonyl (C=O) groups excluding carboxylic acids is 1. The number of para-hydroxylation sites is 1. The summed E-state index contributed by atoms with van der Waals surface area (Å²) in [6.45, 7) is 3.95. The van der Waals surface area contributed by atoms with E-state index in [1.54, 1.807) is 24.3 Å². The number of nitro benzene ring substituents is 1. The molecule has 34 heavy (non-hydrogen) atoms. The van der Waals surface area contributed by atoms with Gasteiger partial charge in [-0.25, -0.2) is 4.98 Å². The first-order chi connectivity index (χ1) is 16.2. The zero-order valence-electron chi connectivity index (χ0n) is 18.2. The van der Waals surface area contributed by atoms with Crippen molar-refractivity contribution in [3.05, 3.63) is 97.3 Å². The van der Waals surface area contributed by atoms with Crippen LogP contribution in [0.25, 0.3) is 16.6 Å².